The van der Waals surface area contributed by atoms with Crippen molar-refractivity contribution in [2.24, 2.45) is 5.92 Å². The van der Waals surface area contributed by atoms with Crippen LogP contribution in [0, 0.1) is 5.92 Å². The molecule has 0 aromatic carbocycles. The van der Waals surface area contributed by atoms with Crippen molar-refractivity contribution < 1.29 is 33.5 Å². The SMILES string of the molecule is CC(C)CCCCCCCCCCCCC(=O)OCC(O)COP(=O)(O)O. The van der Waals surface area contributed by atoms with Gasteiger partial charge in [-0.2, -0.15) is 0 Å². The fraction of sp³-hybridized carbons (Fsp3) is 0.947. The molecule has 0 aliphatic carbocycles. The predicted octanol–water partition coefficient (Wildman–Crippen LogP) is 4.34. The molecule has 0 rings (SSSR count). The molecule has 0 saturated carbocycles. The lowest BCUT2D eigenvalue weighted by Crippen LogP contribution is -2.23. The number of unbranched alkanes of at least 4 members (excludes halogenated alkanes) is 9. The molecule has 0 radical (unpaired) electrons. The molecule has 0 spiro atoms. The van der Waals surface area contributed by atoms with Gasteiger partial charge in [-0.05, 0) is 12.3 Å². The van der Waals surface area contributed by atoms with E-state index in [1.165, 1.54) is 51.4 Å². The third-order valence-electron chi connectivity index (χ3n) is 4.28. The summed E-state index contributed by atoms with van der Waals surface area (Å²) >= 11 is 0. The fourth-order valence-corrected chi connectivity index (χ4v) is 3.09. The zero-order valence-corrected chi connectivity index (χ0v) is 17.9. The lowest BCUT2D eigenvalue weighted by atomic mass is 10.0. The summed E-state index contributed by atoms with van der Waals surface area (Å²) in [5.41, 5.74) is 0. The molecule has 3 N–H and O–H groups in total. The predicted molar refractivity (Wildman–Crippen MR) is 105 cm³/mol. The molecular weight excluding hydrogens is 371 g/mol. The molecule has 1 unspecified atom stereocenters. The number of rotatable bonds is 18. The average Bonchev–Trinajstić information content (AvgIpc) is 2.58. The van der Waals surface area contributed by atoms with E-state index in [1.54, 1.807) is 0 Å². The van der Waals surface area contributed by atoms with Crippen molar-refractivity contribution >= 4 is 13.8 Å². The first-order chi connectivity index (χ1) is 12.7. The number of hydrogen-bond donors (Lipinski definition) is 3. The first-order valence-electron chi connectivity index (χ1n) is 10.2. The van der Waals surface area contributed by atoms with Crippen LogP contribution >= 0.6 is 7.82 Å². The van der Waals surface area contributed by atoms with E-state index < -0.39 is 26.5 Å². The number of carbonyl (C=O) groups is 1. The minimum atomic E-state index is -4.61. The molecule has 0 heterocycles. The van der Waals surface area contributed by atoms with Crippen molar-refractivity contribution in [2.75, 3.05) is 13.2 Å². The van der Waals surface area contributed by atoms with Crippen LogP contribution in [0.15, 0.2) is 0 Å². The summed E-state index contributed by atoms with van der Waals surface area (Å²) in [6, 6.07) is 0. The standard InChI is InChI=1S/C19H39O7P/c1-17(2)13-11-9-7-5-3-4-6-8-10-12-14-19(21)25-15-18(20)16-26-27(22,23)24/h17-18,20H,3-16H2,1-2H3,(H2,22,23,24). The molecule has 8 heteroatoms. The van der Waals surface area contributed by atoms with Gasteiger partial charge in [0, 0.05) is 6.42 Å². The third-order valence-corrected chi connectivity index (χ3v) is 4.77. The van der Waals surface area contributed by atoms with Crippen molar-refractivity contribution in [3.05, 3.63) is 0 Å². The Morgan fingerprint density at radius 2 is 1.33 bits per heavy atom. The summed E-state index contributed by atoms with van der Waals surface area (Å²) in [5, 5.41) is 9.40. The quantitative estimate of drug-likeness (QED) is 0.175. The Balaban J connectivity index is 3.35. The normalized spacial score (nSPS) is 13.1. The fourth-order valence-electron chi connectivity index (χ4n) is 2.73. The monoisotopic (exact) mass is 410 g/mol. The van der Waals surface area contributed by atoms with Gasteiger partial charge in [0.25, 0.3) is 0 Å². The molecule has 0 aliphatic heterocycles. The second-order valence-electron chi connectivity index (χ2n) is 7.59. The average molecular weight is 410 g/mol. The Morgan fingerprint density at radius 3 is 1.81 bits per heavy atom. The molecule has 0 saturated heterocycles. The number of aliphatic hydroxyl groups is 1. The van der Waals surface area contributed by atoms with Crippen molar-refractivity contribution in [1.29, 1.82) is 0 Å². The molecule has 0 amide bonds. The maximum Gasteiger partial charge on any atom is 0.469 e. The largest absolute Gasteiger partial charge is 0.469 e. The van der Waals surface area contributed by atoms with Crippen LogP contribution in [0.5, 0.6) is 0 Å². The minimum absolute atomic E-state index is 0.294. The van der Waals surface area contributed by atoms with Gasteiger partial charge in [-0.25, -0.2) is 4.57 Å². The molecule has 0 aromatic rings. The lowest BCUT2D eigenvalue weighted by molar-refractivity contribution is -0.147. The smallest absolute Gasteiger partial charge is 0.463 e. The van der Waals surface area contributed by atoms with Gasteiger partial charge in [-0.1, -0.05) is 78.1 Å². The Labute approximate surface area is 164 Å². The second-order valence-corrected chi connectivity index (χ2v) is 8.83. The molecular formula is C19H39O7P. The summed E-state index contributed by atoms with van der Waals surface area (Å²) in [6.45, 7) is 3.65. The van der Waals surface area contributed by atoms with Gasteiger partial charge in [0.2, 0.25) is 0 Å². The van der Waals surface area contributed by atoms with Gasteiger partial charge in [0.1, 0.15) is 12.7 Å². The molecule has 7 nitrogen and oxygen atoms in total. The van der Waals surface area contributed by atoms with Crippen LogP contribution in [0.4, 0.5) is 0 Å². The molecule has 1 atom stereocenters. The topological polar surface area (TPSA) is 113 Å². The van der Waals surface area contributed by atoms with Gasteiger partial charge in [-0.3, -0.25) is 9.32 Å². The first-order valence-corrected chi connectivity index (χ1v) is 11.8. The van der Waals surface area contributed by atoms with E-state index >= 15 is 0 Å². The number of hydrogen-bond acceptors (Lipinski definition) is 5. The maximum atomic E-state index is 11.5. The van der Waals surface area contributed by atoms with Crippen molar-refractivity contribution in [3.63, 3.8) is 0 Å². The third kappa shape index (κ3) is 21.7. The van der Waals surface area contributed by atoms with Crippen LogP contribution in [-0.4, -0.2) is 40.2 Å². The molecule has 162 valence electrons. The number of phosphoric acid groups is 1. The molecule has 0 fully saturated rings. The van der Waals surface area contributed by atoms with Crippen molar-refractivity contribution in [1.82, 2.24) is 0 Å². The molecule has 0 bridgehead atoms. The molecule has 0 aliphatic rings. The van der Waals surface area contributed by atoms with Crippen LogP contribution in [-0.2, 0) is 18.6 Å². The highest BCUT2D eigenvalue weighted by Gasteiger charge is 2.17. The van der Waals surface area contributed by atoms with Crippen molar-refractivity contribution in [2.45, 2.75) is 97.0 Å². The minimum Gasteiger partial charge on any atom is -0.463 e. The Kier molecular flexibility index (Phi) is 16.2. The van der Waals surface area contributed by atoms with Crippen LogP contribution < -0.4 is 0 Å². The van der Waals surface area contributed by atoms with Gasteiger partial charge < -0.3 is 19.6 Å². The van der Waals surface area contributed by atoms with Crippen LogP contribution in [0.1, 0.15) is 90.9 Å². The highest BCUT2D eigenvalue weighted by atomic mass is 31.2. The lowest BCUT2D eigenvalue weighted by Gasteiger charge is -2.12. The van der Waals surface area contributed by atoms with E-state index in [0.717, 1.165) is 25.2 Å². The van der Waals surface area contributed by atoms with E-state index in [1.807, 2.05) is 0 Å². The summed E-state index contributed by atoms with van der Waals surface area (Å²) < 4.78 is 19.5. The van der Waals surface area contributed by atoms with Crippen LogP contribution in [0.2, 0.25) is 0 Å². The first kappa shape index (κ1) is 26.5. The summed E-state index contributed by atoms with van der Waals surface area (Å²) in [5.74, 6) is 0.404. The zero-order valence-electron chi connectivity index (χ0n) is 17.0. The van der Waals surface area contributed by atoms with Crippen LogP contribution in [0.3, 0.4) is 0 Å². The van der Waals surface area contributed by atoms with Gasteiger partial charge in [0.15, 0.2) is 0 Å². The van der Waals surface area contributed by atoms with Gasteiger partial charge in [-0.15, -0.1) is 0 Å². The summed E-state index contributed by atoms with van der Waals surface area (Å²) in [4.78, 5) is 28.5. The Morgan fingerprint density at radius 1 is 0.852 bits per heavy atom. The highest BCUT2D eigenvalue weighted by molar-refractivity contribution is 7.46. The van der Waals surface area contributed by atoms with E-state index in [-0.39, 0.29) is 6.61 Å². The maximum absolute atomic E-state index is 11.5. The molecule has 27 heavy (non-hydrogen) atoms. The van der Waals surface area contributed by atoms with Gasteiger partial charge >= 0.3 is 13.8 Å². The van der Waals surface area contributed by atoms with Crippen molar-refractivity contribution in [3.8, 4) is 0 Å². The number of carbonyl (C=O) groups excluding carboxylic acids is 1. The summed E-state index contributed by atoms with van der Waals surface area (Å²) in [6.07, 6.45) is 12.3. The Bertz CT molecular complexity index is 409. The van der Waals surface area contributed by atoms with Gasteiger partial charge in [0.05, 0.1) is 6.61 Å². The van der Waals surface area contributed by atoms with Crippen LogP contribution in [0.25, 0.3) is 0 Å². The van der Waals surface area contributed by atoms with E-state index in [4.69, 9.17) is 14.5 Å². The van der Waals surface area contributed by atoms with E-state index in [2.05, 4.69) is 18.4 Å². The number of phosphoric ester groups is 1. The number of esters is 1. The molecule has 0 aromatic heterocycles. The van der Waals surface area contributed by atoms with E-state index in [9.17, 15) is 14.5 Å². The number of ether oxygens (including phenoxy) is 1. The zero-order chi connectivity index (χ0) is 20.5. The Hall–Kier alpha value is -0.460. The van der Waals surface area contributed by atoms with E-state index in [0.29, 0.717) is 6.42 Å². The second kappa shape index (κ2) is 16.5. The highest BCUT2D eigenvalue weighted by Crippen LogP contribution is 2.35. The summed E-state index contributed by atoms with van der Waals surface area (Å²) in [7, 11) is -4.61. The number of aliphatic hydroxyl groups excluding tert-OH is 1.